The molecule has 2 aromatic carbocycles. The van der Waals surface area contributed by atoms with Crippen LogP contribution in [0.5, 0.6) is 5.75 Å². The molecular weight excluding hydrogens is 452 g/mol. The van der Waals surface area contributed by atoms with E-state index in [9.17, 15) is 13.2 Å². The molecule has 3 aromatic rings. The Morgan fingerprint density at radius 2 is 1.82 bits per heavy atom. The minimum absolute atomic E-state index is 0.0104. The SMILES string of the molecule is COc1ccccc1NS(=O)(=O)c1cccc(C(=O)NC2CCN(Cc3ccccn3)CC2)c1. The second-order valence-electron chi connectivity index (χ2n) is 8.18. The number of hydrogen-bond acceptors (Lipinski definition) is 6. The number of anilines is 1. The first-order chi connectivity index (χ1) is 16.4. The van der Waals surface area contributed by atoms with Crippen LogP contribution in [0, 0.1) is 0 Å². The lowest BCUT2D eigenvalue weighted by Crippen LogP contribution is -2.44. The first kappa shape index (κ1) is 23.7. The van der Waals surface area contributed by atoms with Gasteiger partial charge in [-0.05, 0) is 55.3 Å². The highest BCUT2D eigenvalue weighted by Crippen LogP contribution is 2.26. The number of benzene rings is 2. The molecule has 2 heterocycles. The molecule has 2 N–H and O–H groups in total. The molecule has 34 heavy (non-hydrogen) atoms. The van der Waals surface area contributed by atoms with E-state index < -0.39 is 10.0 Å². The molecule has 0 unspecified atom stereocenters. The molecule has 0 aliphatic carbocycles. The maximum atomic E-state index is 12.9. The van der Waals surface area contributed by atoms with Crippen LogP contribution < -0.4 is 14.8 Å². The zero-order chi connectivity index (χ0) is 24.0. The van der Waals surface area contributed by atoms with Crippen LogP contribution in [0.4, 0.5) is 5.69 Å². The van der Waals surface area contributed by atoms with Crippen LogP contribution in [-0.2, 0) is 16.6 Å². The summed E-state index contributed by atoms with van der Waals surface area (Å²) in [5.41, 5.74) is 1.67. The highest BCUT2D eigenvalue weighted by atomic mass is 32.2. The predicted octanol–water partition coefficient (Wildman–Crippen LogP) is 3.29. The number of hydrogen-bond donors (Lipinski definition) is 2. The lowest BCUT2D eigenvalue weighted by atomic mass is 10.0. The van der Waals surface area contributed by atoms with Gasteiger partial charge in [0.1, 0.15) is 5.75 Å². The molecule has 1 aliphatic heterocycles. The highest BCUT2D eigenvalue weighted by molar-refractivity contribution is 7.92. The standard InChI is InChI=1S/C25H28N4O4S/c1-33-24-11-3-2-10-23(24)28-34(31,32)22-9-6-7-19(17-22)25(30)27-20-12-15-29(16-13-20)18-21-8-4-5-14-26-21/h2-11,14,17,20,28H,12-13,15-16,18H2,1H3,(H,27,30). The van der Waals surface area contributed by atoms with Crippen molar-refractivity contribution in [3.05, 3.63) is 84.2 Å². The molecule has 178 valence electrons. The molecule has 0 atom stereocenters. The number of para-hydroxylation sites is 2. The van der Waals surface area contributed by atoms with Crippen molar-refractivity contribution in [1.82, 2.24) is 15.2 Å². The van der Waals surface area contributed by atoms with Crippen LogP contribution in [-0.4, -0.2) is 50.5 Å². The monoisotopic (exact) mass is 480 g/mol. The number of nitrogens with one attached hydrogen (secondary N) is 2. The van der Waals surface area contributed by atoms with E-state index in [1.807, 2.05) is 18.2 Å². The zero-order valence-corrected chi connectivity index (χ0v) is 19.8. The quantitative estimate of drug-likeness (QED) is 0.513. The summed E-state index contributed by atoms with van der Waals surface area (Å²) in [7, 11) is -2.42. The van der Waals surface area contributed by atoms with E-state index in [1.54, 1.807) is 42.6 Å². The molecule has 9 heteroatoms. The Labute approximate surface area is 200 Å². The van der Waals surface area contributed by atoms with Crippen molar-refractivity contribution in [1.29, 1.82) is 0 Å². The fourth-order valence-electron chi connectivity index (χ4n) is 3.96. The topological polar surface area (TPSA) is 101 Å². The summed E-state index contributed by atoms with van der Waals surface area (Å²) in [5.74, 6) is 0.131. The van der Waals surface area contributed by atoms with Gasteiger partial charge in [0.25, 0.3) is 15.9 Å². The fourth-order valence-corrected chi connectivity index (χ4v) is 5.08. The Hall–Kier alpha value is -3.43. The molecule has 0 bridgehead atoms. The van der Waals surface area contributed by atoms with Crippen molar-refractivity contribution in [2.75, 3.05) is 24.9 Å². The average molecular weight is 481 g/mol. The number of aromatic nitrogens is 1. The maximum Gasteiger partial charge on any atom is 0.262 e. The molecule has 8 nitrogen and oxygen atoms in total. The first-order valence-electron chi connectivity index (χ1n) is 11.1. The molecule has 0 saturated carbocycles. The van der Waals surface area contributed by atoms with E-state index >= 15 is 0 Å². The van der Waals surface area contributed by atoms with Crippen molar-refractivity contribution in [2.24, 2.45) is 0 Å². The summed E-state index contributed by atoms with van der Waals surface area (Å²) in [4.78, 5) is 19.6. The molecule has 1 aliphatic rings. The van der Waals surface area contributed by atoms with Crippen molar-refractivity contribution >= 4 is 21.6 Å². The average Bonchev–Trinajstić information content (AvgIpc) is 2.86. The number of ether oxygens (including phenoxy) is 1. The summed E-state index contributed by atoms with van der Waals surface area (Å²) >= 11 is 0. The zero-order valence-electron chi connectivity index (χ0n) is 19.0. The Morgan fingerprint density at radius 1 is 1.06 bits per heavy atom. The molecule has 1 fully saturated rings. The Morgan fingerprint density at radius 3 is 2.56 bits per heavy atom. The third-order valence-electron chi connectivity index (χ3n) is 5.79. The largest absolute Gasteiger partial charge is 0.495 e. The van der Waals surface area contributed by atoms with E-state index in [-0.39, 0.29) is 16.8 Å². The van der Waals surface area contributed by atoms with Gasteiger partial charge in [0.05, 0.1) is 23.4 Å². The number of methoxy groups -OCH3 is 1. The first-order valence-corrected chi connectivity index (χ1v) is 12.6. The van der Waals surface area contributed by atoms with E-state index in [1.165, 1.54) is 19.2 Å². The maximum absolute atomic E-state index is 12.9. The smallest absolute Gasteiger partial charge is 0.262 e. The van der Waals surface area contributed by atoms with E-state index in [2.05, 4.69) is 19.9 Å². The minimum Gasteiger partial charge on any atom is -0.495 e. The number of carbonyl (C=O) groups is 1. The van der Waals surface area contributed by atoms with Crippen LogP contribution in [0.1, 0.15) is 28.9 Å². The lowest BCUT2D eigenvalue weighted by molar-refractivity contribution is 0.0908. The molecule has 1 amide bonds. The Bertz CT molecular complexity index is 1230. The summed E-state index contributed by atoms with van der Waals surface area (Å²) < 4.78 is 33.6. The van der Waals surface area contributed by atoms with Crippen LogP contribution in [0.3, 0.4) is 0 Å². The lowest BCUT2D eigenvalue weighted by Gasteiger charge is -2.32. The van der Waals surface area contributed by atoms with Crippen molar-refractivity contribution in [3.63, 3.8) is 0 Å². The number of piperidine rings is 1. The summed E-state index contributed by atoms with van der Waals surface area (Å²) in [6.45, 7) is 2.51. The van der Waals surface area contributed by atoms with Gasteiger partial charge in [0, 0.05) is 37.4 Å². The third-order valence-corrected chi connectivity index (χ3v) is 7.16. The van der Waals surface area contributed by atoms with Gasteiger partial charge in [-0.25, -0.2) is 8.42 Å². The Kier molecular flexibility index (Phi) is 7.44. The molecule has 1 saturated heterocycles. The number of nitrogens with zero attached hydrogens (tertiary/aromatic N) is 2. The van der Waals surface area contributed by atoms with Crippen LogP contribution >= 0.6 is 0 Å². The van der Waals surface area contributed by atoms with E-state index in [0.29, 0.717) is 17.0 Å². The third kappa shape index (κ3) is 5.92. The number of carbonyl (C=O) groups excluding carboxylic acids is 1. The predicted molar refractivity (Wildman–Crippen MR) is 130 cm³/mol. The summed E-state index contributed by atoms with van der Waals surface area (Å²) in [5, 5.41) is 3.05. The summed E-state index contributed by atoms with van der Waals surface area (Å²) in [6, 6.07) is 18.7. The van der Waals surface area contributed by atoms with Crippen molar-refractivity contribution in [3.8, 4) is 5.75 Å². The number of pyridine rings is 1. The number of amides is 1. The molecule has 4 rings (SSSR count). The Balaban J connectivity index is 1.36. The normalized spacial score (nSPS) is 15.0. The van der Waals surface area contributed by atoms with E-state index in [0.717, 1.165) is 38.2 Å². The van der Waals surface area contributed by atoms with Gasteiger partial charge in [-0.15, -0.1) is 0 Å². The van der Waals surface area contributed by atoms with Crippen molar-refractivity contribution < 1.29 is 17.9 Å². The molecular formula is C25H28N4O4S. The highest BCUT2D eigenvalue weighted by Gasteiger charge is 2.23. The van der Waals surface area contributed by atoms with E-state index in [4.69, 9.17) is 4.74 Å². The van der Waals surface area contributed by atoms with Gasteiger partial charge >= 0.3 is 0 Å². The fraction of sp³-hybridized carbons (Fsp3) is 0.280. The number of likely N-dealkylation sites (tertiary alicyclic amines) is 1. The van der Waals surface area contributed by atoms with Crippen molar-refractivity contribution in [2.45, 2.75) is 30.3 Å². The van der Waals surface area contributed by atoms with Gasteiger partial charge in [-0.2, -0.15) is 0 Å². The minimum atomic E-state index is -3.89. The van der Waals surface area contributed by atoms with Gasteiger partial charge in [0.2, 0.25) is 0 Å². The van der Waals surface area contributed by atoms with Gasteiger partial charge in [-0.1, -0.05) is 24.3 Å². The van der Waals surface area contributed by atoms with Crippen LogP contribution in [0.2, 0.25) is 0 Å². The molecule has 1 aromatic heterocycles. The van der Waals surface area contributed by atoms with Crippen LogP contribution in [0.25, 0.3) is 0 Å². The second-order valence-corrected chi connectivity index (χ2v) is 9.86. The van der Waals surface area contributed by atoms with Gasteiger partial charge in [0.15, 0.2) is 0 Å². The molecule has 0 radical (unpaired) electrons. The van der Waals surface area contributed by atoms with Gasteiger partial charge < -0.3 is 10.1 Å². The molecule has 0 spiro atoms. The number of sulfonamides is 1. The number of rotatable bonds is 8. The second kappa shape index (κ2) is 10.7. The van der Waals surface area contributed by atoms with Gasteiger partial charge in [-0.3, -0.25) is 19.4 Å². The summed E-state index contributed by atoms with van der Waals surface area (Å²) in [6.07, 6.45) is 3.44. The van der Waals surface area contributed by atoms with Crippen LogP contribution in [0.15, 0.2) is 77.8 Å².